The molecule has 0 saturated carbocycles. The second kappa shape index (κ2) is 6.75. The van der Waals surface area contributed by atoms with Gasteiger partial charge in [0.25, 0.3) is 0 Å². The van der Waals surface area contributed by atoms with E-state index >= 15 is 0 Å². The first-order chi connectivity index (χ1) is 11.6. The molecule has 1 aromatic carbocycles. The molecule has 0 radical (unpaired) electrons. The molecule has 1 amide bonds. The number of rotatable bonds is 3. The number of H-pyrrole nitrogens is 1. The van der Waals surface area contributed by atoms with Crippen molar-refractivity contribution in [1.29, 1.82) is 0 Å². The summed E-state index contributed by atoms with van der Waals surface area (Å²) in [6, 6.07) is 7.93. The summed E-state index contributed by atoms with van der Waals surface area (Å²) in [4.78, 5) is 14.9. The van der Waals surface area contributed by atoms with E-state index < -0.39 is 0 Å². The molecular weight excluding hydrogens is 296 g/mol. The summed E-state index contributed by atoms with van der Waals surface area (Å²) in [7, 11) is 0. The molecule has 2 aromatic rings. The van der Waals surface area contributed by atoms with E-state index in [4.69, 9.17) is 0 Å². The van der Waals surface area contributed by atoms with Crippen LogP contribution in [0.1, 0.15) is 24.5 Å². The van der Waals surface area contributed by atoms with E-state index in [-0.39, 0.29) is 5.91 Å². The molecule has 3 heteroatoms. The van der Waals surface area contributed by atoms with Crippen molar-refractivity contribution in [1.82, 2.24) is 4.98 Å². The maximum Gasteiger partial charge on any atom is 0.247 e. The molecule has 0 saturated heterocycles. The molecule has 122 valence electrons. The Labute approximate surface area is 142 Å². The van der Waals surface area contributed by atoms with E-state index in [1.54, 1.807) is 0 Å². The number of carbonyl (C=O) groups excluding carboxylic acids is 1. The molecular formula is C21H22N2O. The Morgan fingerprint density at radius 1 is 1.42 bits per heavy atom. The minimum absolute atomic E-state index is 0.200. The molecule has 1 heterocycles. The Balaban J connectivity index is 2.09. The normalized spacial score (nSPS) is 16.6. The topological polar surface area (TPSA) is 44.9 Å². The number of carbonyl (C=O) groups is 1. The highest BCUT2D eigenvalue weighted by Gasteiger charge is 2.08. The molecule has 24 heavy (non-hydrogen) atoms. The molecule has 1 atom stereocenters. The Bertz CT molecular complexity index is 931. The van der Waals surface area contributed by atoms with Gasteiger partial charge in [0.1, 0.15) is 0 Å². The van der Waals surface area contributed by atoms with E-state index in [0.29, 0.717) is 5.92 Å². The maximum atomic E-state index is 11.5. The fourth-order valence-corrected chi connectivity index (χ4v) is 2.95. The summed E-state index contributed by atoms with van der Waals surface area (Å²) in [6.45, 7) is 7.82. The van der Waals surface area contributed by atoms with Crippen LogP contribution in [0.15, 0.2) is 49.2 Å². The fourth-order valence-electron chi connectivity index (χ4n) is 2.95. The summed E-state index contributed by atoms with van der Waals surface area (Å²) in [6.07, 6.45) is 11.1. The molecule has 1 aliphatic carbocycles. The maximum absolute atomic E-state index is 11.5. The van der Waals surface area contributed by atoms with Gasteiger partial charge in [-0.2, -0.15) is 0 Å². The first-order valence-corrected chi connectivity index (χ1v) is 8.18. The standard InChI is InChI=1S/C21H22N2O/c1-4-21(24)23-18-7-5-6-16(11-18)17-10-14(2)8-9-20-19(12-17)15(3)13-22-20/h4-7,9-14,22H,1,8H2,2-3H3,(H,23,24). The van der Waals surface area contributed by atoms with Gasteiger partial charge in [0.2, 0.25) is 5.91 Å². The molecule has 3 rings (SSSR count). The molecule has 1 unspecified atom stereocenters. The lowest BCUT2D eigenvalue weighted by molar-refractivity contribution is -0.111. The predicted octanol–water partition coefficient (Wildman–Crippen LogP) is 3.13. The number of aromatic amines is 1. The van der Waals surface area contributed by atoms with Gasteiger partial charge in [0.05, 0.1) is 0 Å². The Hall–Kier alpha value is -2.81. The third kappa shape index (κ3) is 3.40. The number of anilines is 1. The average Bonchev–Trinajstić information content (AvgIpc) is 2.90. The van der Waals surface area contributed by atoms with Gasteiger partial charge in [-0.15, -0.1) is 0 Å². The van der Waals surface area contributed by atoms with E-state index in [1.807, 2.05) is 24.4 Å². The van der Waals surface area contributed by atoms with Crippen LogP contribution in [0.25, 0.3) is 17.7 Å². The highest BCUT2D eigenvalue weighted by atomic mass is 16.1. The molecule has 2 N–H and O–H groups in total. The molecule has 0 aliphatic heterocycles. The lowest BCUT2D eigenvalue weighted by Gasteiger charge is -2.11. The number of hydrogen-bond donors (Lipinski definition) is 2. The van der Waals surface area contributed by atoms with Crippen LogP contribution < -0.4 is 15.9 Å². The molecule has 1 aliphatic rings. The third-order valence-electron chi connectivity index (χ3n) is 4.27. The van der Waals surface area contributed by atoms with Gasteiger partial charge in [-0.25, -0.2) is 0 Å². The van der Waals surface area contributed by atoms with Gasteiger partial charge >= 0.3 is 0 Å². The number of nitrogens with one attached hydrogen (secondary N) is 2. The zero-order valence-corrected chi connectivity index (χ0v) is 14.1. The van der Waals surface area contributed by atoms with Crippen molar-refractivity contribution in [3.8, 4) is 0 Å². The highest BCUT2D eigenvalue weighted by molar-refractivity contribution is 5.99. The second-order valence-electron chi connectivity index (χ2n) is 6.26. The first kappa shape index (κ1) is 16.1. The first-order valence-electron chi connectivity index (χ1n) is 8.18. The minimum atomic E-state index is -0.200. The molecule has 0 bridgehead atoms. The smallest absolute Gasteiger partial charge is 0.247 e. The Morgan fingerprint density at radius 2 is 2.25 bits per heavy atom. The zero-order valence-electron chi connectivity index (χ0n) is 14.1. The van der Waals surface area contributed by atoms with E-state index in [1.165, 1.54) is 27.8 Å². The van der Waals surface area contributed by atoms with Gasteiger partial charge in [-0.3, -0.25) is 4.79 Å². The lowest BCUT2D eigenvalue weighted by Crippen LogP contribution is -2.25. The quantitative estimate of drug-likeness (QED) is 0.839. The zero-order chi connectivity index (χ0) is 17.1. The monoisotopic (exact) mass is 318 g/mol. The third-order valence-corrected chi connectivity index (χ3v) is 4.27. The van der Waals surface area contributed by atoms with Crippen molar-refractivity contribution in [3.05, 3.63) is 70.9 Å². The van der Waals surface area contributed by atoms with Crippen LogP contribution in [0.2, 0.25) is 0 Å². The van der Waals surface area contributed by atoms with Gasteiger partial charge in [0, 0.05) is 22.5 Å². The van der Waals surface area contributed by atoms with Gasteiger partial charge in [-0.05, 0) is 60.2 Å². The van der Waals surface area contributed by atoms with Crippen molar-refractivity contribution in [2.24, 2.45) is 5.92 Å². The van der Waals surface area contributed by atoms with Crippen LogP contribution in [0.5, 0.6) is 0 Å². The number of hydrogen-bond acceptors (Lipinski definition) is 1. The Morgan fingerprint density at radius 3 is 3.04 bits per heavy atom. The van der Waals surface area contributed by atoms with Crippen LogP contribution in [-0.4, -0.2) is 10.9 Å². The number of aryl methyl sites for hydroxylation is 1. The number of benzene rings is 1. The van der Waals surface area contributed by atoms with Crippen molar-refractivity contribution in [3.63, 3.8) is 0 Å². The second-order valence-corrected chi connectivity index (χ2v) is 6.26. The lowest BCUT2D eigenvalue weighted by atomic mass is 9.95. The SMILES string of the molecule is C=CC(=O)Nc1cccc(C2=CC(C)CC=c3[nH]cc(C)c3=C2)c1. The molecule has 3 nitrogen and oxygen atoms in total. The van der Waals surface area contributed by atoms with Crippen LogP contribution >= 0.6 is 0 Å². The average molecular weight is 318 g/mol. The van der Waals surface area contributed by atoms with Crippen molar-refractivity contribution >= 4 is 29.3 Å². The van der Waals surface area contributed by atoms with Crippen LogP contribution in [-0.2, 0) is 4.79 Å². The Kier molecular flexibility index (Phi) is 4.52. The molecule has 1 aromatic heterocycles. The van der Waals surface area contributed by atoms with Crippen molar-refractivity contribution in [2.75, 3.05) is 5.32 Å². The van der Waals surface area contributed by atoms with Crippen LogP contribution in [0.3, 0.4) is 0 Å². The van der Waals surface area contributed by atoms with Gasteiger partial charge < -0.3 is 10.3 Å². The summed E-state index contributed by atoms with van der Waals surface area (Å²) < 4.78 is 0. The fraction of sp³-hybridized carbons (Fsp3) is 0.190. The highest BCUT2D eigenvalue weighted by Crippen LogP contribution is 2.23. The summed E-state index contributed by atoms with van der Waals surface area (Å²) in [5.74, 6) is 0.244. The number of allylic oxidation sites excluding steroid dienone is 2. The van der Waals surface area contributed by atoms with Gasteiger partial charge in [-0.1, -0.05) is 37.8 Å². The van der Waals surface area contributed by atoms with Crippen LogP contribution in [0.4, 0.5) is 5.69 Å². The summed E-state index contributed by atoms with van der Waals surface area (Å²) in [5, 5.41) is 5.24. The van der Waals surface area contributed by atoms with Crippen molar-refractivity contribution in [2.45, 2.75) is 20.3 Å². The predicted molar refractivity (Wildman–Crippen MR) is 101 cm³/mol. The number of fused-ring (bicyclic) bond motifs is 1. The van der Waals surface area contributed by atoms with E-state index in [2.05, 4.69) is 55.0 Å². The summed E-state index contributed by atoms with van der Waals surface area (Å²) in [5.41, 5.74) is 4.28. The number of amides is 1. The van der Waals surface area contributed by atoms with Crippen LogP contribution in [0, 0.1) is 12.8 Å². The minimum Gasteiger partial charge on any atom is -0.361 e. The molecule has 0 fully saturated rings. The van der Waals surface area contributed by atoms with E-state index in [0.717, 1.165) is 17.7 Å². The van der Waals surface area contributed by atoms with E-state index in [9.17, 15) is 4.79 Å². The van der Waals surface area contributed by atoms with Crippen molar-refractivity contribution < 1.29 is 4.79 Å². The summed E-state index contributed by atoms with van der Waals surface area (Å²) >= 11 is 0. The molecule has 0 spiro atoms. The number of aromatic nitrogens is 1. The largest absolute Gasteiger partial charge is 0.361 e. The van der Waals surface area contributed by atoms with Gasteiger partial charge in [0.15, 0.2) is 0 Å².